The number of nitrogens with zero attached hydrogens (tertiary/aromatic N) is 4. The van der Waals surface area contributed by atoms with Crippen LogP contribution in [-0.2, 0) is 17.0 Å². The summed E-state index contributed by atoms with van der Waals surface area (Å²) in [6.45, 7) is 0.356. The number of amides is 1. The van der Waals surface area contributed by atoms with Crippen LogP contribution in [0.5, 0.6) is 0 Å². The molecule has 33 heavy (non-hydrogen) atoms. The molecule has 2 aliphatic rings. The summed E-state index contributed by atoms with van der Waals surface area (Å²) in [6, 6.07) is 6.37. The summed E-state index contributed by atoms with van der Waals surface area (Å²) in [6.07, 6.45) is 0.361. The number of rotatable bonds is 2. The van der Waals surface area contributed by atoms with Crippen molar-refractivity contribution in [1.29, 1.82) is 0 Å². The van der Waals surface area contributed by atoms with Gasteiger partial charge in [-0.25, -0.2) is 4.98 Å². The molecule has 0 saturated heterocycles. The molecule has 1 aliphatic heterocycles. The first-order chi connectivity index (χ1) is 15.7. The molecule has 1 saturated carbocycles. The normalized spacial score (nSPS) is 16.4. The fourth-order valence-corrected chi connectivity index (χ4v) is 4.46. The largest absolute Gasteiger partial charge is 0.416 e. The first-order valence-corrected chi connectivity index (χ1v) is 11.2. The number of halogens is 4. The molecule has 1 spiro atoms. The van der Waals surface area contributed by atoms with Gasteiger partial charge in [0.15, 0.2) is 0 Å². The lowest BCUT2D eigenvalue weighted by Gasteiger charge is -2.34. The Morgan fingerprint density at radius 3 is 2.45 bits per heavy atom. The van der Waals surface area contributed by atoms with Crippen molar-refractivity contribution in [2.75, 3.05) is 17.2 Å². The fraction of sp³-hybridized carbons (Fsp3) is 0.261. The maximum Gasteiger partial charge on any atom is 0.416 e. The average Bonchev–Trinajstić information content (AvgIpc) is 3.43. The van der Waals surface area contributed by atoms with Crippen molar-refractivity contribution >= 4 is 33.3 Å². The van der Waals surface area contributed by atoms with Crippen molar-refractivity contribution in [1.82, 2.24) is 14.8 Å². The molecule has 1 fully saturated rings. The molecular formula is C23H17BrF3N5O. The van der Waals surface area contributed by atoms with Gasteiger partial charge < -0.3 is 10.6 Å². The van der Waals surface area contributed by atoms with Crippen LogP contribution < -0.4 is 10.6 Å². The Balaban J connectivity index is 1.52. The van der Waals surface area contributed by atoms with Crippen molar-refractivity contribution < 1.29 is 18.0 Å². The Hall–Kier alpha value is -3.32. The van der Waals surface area contributed by atoms with Crippen LogP contribution in [-0.4, -0.2) is 27.2 Å². The number of fused-ring (bicyclic) bond motifs is 2. The third-order valence-corrected chi connectivity index (χ3v) is 6.54. The van der Waals surface area contributed by atoms with Crippen LogP contribution in [0.3, 0.4) is 0 Å². The van der Waals surface area contributed by atoms with Crippen molar-refractivity contribution in [3.05, 3.63) is 70.7 Å². The topological polar surface area (TPSA) is 77.0 Å². The van der Waals surface area contributed by atoms with Crippen molar-refractivity contribution in [2.24, 2.45) is 0 Å². The van der Waals surface area contributed by atoms with E-state index in [9.17, 15) is 18.0 Å². The summed E-state index contributed by atoms with van der Waals surface area (Å²) < 4.78 is 40.6. The molecule has 6 nitrogen and oxygen atoms in total. The monoisotopic (exact) mass is 515 g/mol. The SMILES string of the molecule is Nc1cc(CBr)c(C#Cc2cnn3c2C(=O)N(c2ccc(C(F)(F)F)cc2)CC32CC2)cn1. The number of carbonyl (C=O) groups is 1. The van der Waals surface area contributed by atoms with Crippen LogP contribution in [0.1, 0.15) is 45.6 Å². The highest BCUT2D eigenvalue weighted by Crippen LogP contribution is 2.48. The van der Waals surface area contributed by atoms with Crippen molar-refractivity contribution in [3.8, 4) is 11.8 Å². The van der Waals surface area contributed by atoms with Gasteiger partial charge in [-0.15, -0.1) is 0 Å². The average molecular weight is 516 g/mol. The van der Waals surface area contributed by atoms with Crippen LogP contribution in [0.15, 0.2) is 42.7 Å². The minimum absolute atomic E-state index is 0.342. The third kappa shape index (κ3) is 3.76. The molecule has 0 atom stereocenters. The summed E-state index contributed by atoms with van der Waals surface area (Å²) in [5.41, 5.74) is 7.38. The number of hydrogen-bond acceptors (Lipinski definition) is 4. The number of hydrogen-bond donors (Lipinski definition) is 1. The Morgan fingerprint density at radius 1 is 1.12 bits per heavy atom. The van der Waals surface area contributed by atoms with Gasteiger partial charge >= 0.3 is 6.18 Å². The highest BCUT2D eigenvalue weighted by molar-refractivity contribution is 9.08. The van der Waals surface area contributed by atoms with E-state index in [0.29, 0.717) is 40.2 Å². The van der Waals surface area contributed by atoms with Crippen LogP contribution in [0.25, 0.3) is 0 Å². The summed E-state index contributed by atoms with van der Waals surface area (Å²) in [5, 5.41) is 4.98. The van der Waals surface area contributed by atoms with Gasteiger partial charge in [0, 0.05) is 22.8 Å². The van der Waals surface area contributed by atoms with E-state index >= 15 is 0 Å². The van der Waals surface area contributed by atoms with Gasteiger partial charge in [-0.05, 0) is 48.7 Å². The first kappa shape index (κ1) is 21.5. The summed E-state index contributed by atoms with van der Waals surface area (Å²) in [5.74, 6) is 6.12. The maximum absolute atomic E-state index is 13.4. The standard InChI is InChI=1S/C23H17BrF3N5O/c24-10-16-9-19(28)29-11-14(16)1-2-15-12-30-32-20(15)21(33)31(13-22(32)7-8-22)18-5-3-17(4-6-18)23(25,26)27/h3-6,9,11-12H,7-8,10,13H2,(H2,28,29). The highest BCUT2D eigenvalue weighted by Gasteiger charge is 2.53. The van der Waals surface area contributed by atoms with Crippen molar-refractivity contribution in [3.63, 3.8) is 0 Å². The summed E-state index contributed by atoms with van der Waals surface area (Å²) in [4.78, 5) is 19.0. The zero-order valence-corrected chi connectivity index (χ0v) is 18.7. The van der Waals surface area contributed by atoms with Gasteiger partial charge in [0.05, 0.1) is 29.4 Å². The second kappa shape index (κ2) is 7.63. The van der Waals surface area contributed by atoms with E-state index in [0.717, 1.165) is 30.5 Å². The molecule has 1 aromatic carbocycles. The molecule has 3 aromatic rings. The van der Waals surface area contributed by atoms with Gasteiger partial charge in [-0.3, -0.25) is 9.48 Å². The fourth-order valence-electron chi connectivity index (χ4n) is 3.99. The van der Waals surface area contributed by atoms with Crippen LogP contribution >= 0.6 is 15.9 Å². The number of nitrogen functional groups attached to an aromatic ring is 1. The Morgan fingerprint density at radius 2 is 1.82 bits per heavy atom. The highest BCUT2D eigenvalue weighted by atomic mass is 79.9. The quantitative estimate of drug-likeness (QED) is 0.407. The predicted octanol–water partition coefficient (Wildman–Crippen LogP) is 4.32. The van der Waals surface area contributed by atoms with Gasteiger partial charge in [-0.1, -0.05) is 27.8 Å². The third-order valence-electron chi connectivity index (χ3n) is 5.94. The van der Waals surface area contributed by atoms with E-state index in [1.165, 1.54) is 17.0 Å². The number of pyridine rings is 1. The zero-order valence-electron chi connectivity index (χ0n) is 17.2. The second-order valence-electron chi connectivity index (χ2n) is 8.13. The molecule has 3 heterocycles. The summed E-state index contributed by atoms with van der Waals surface area (Å²) in [7, 11) is 0. The van der Waals surface area contributed by atoms with E-state index in [1.54, 1.807) is 23.1 Å². The van der Waals surface area contributed by atoms with Crippen LogP contribution in [0, 0.1) is 11.8 Å². The van der Waals surface area contributed by atoms with Gasteiger partial charge in [-0.2, -0.15) is 18.3 Å². The maximum atomic E-state index is 13.4. The Kier molecular flexibility index (Phi) is 4.97. The molecule has 0 radical (unpaired) electrons. The molecule has 168 valence electrons. The van der Waals surface area contributed by atoms with E-state index in [4.69, 9.17) is 5.73 Å². The lowest BCUT2D eigenvalue weighted by atomic mass is 10.1. The molecule has 2 aromatic heterocycles. The van der Waals surface area contributed by atoms with E-state index in [-0.39, 0.29) is 11.4 Å². The molecule has 10 heteroatoms. The molecule has 0 unspecified atom stereocenters. The van der Waals surface area contributed by atoms with Gasteiger partial charge in [0.2, 0.25) is 0 Å². The number of nitrogens with two attached hydrogens (primary N) is 1. The van der Waals surface area contributed by atoms with Crippen molar-refractivity contribution in [2.45, 2.75) is 29.9 Å². The van der Waals surface area contributed by atoms with E-state index in [1.807, 2.05) is 0 Å². The summed E-state index contributed by atoms with van der Waals surface area (Å²) >= 11 is 3.41. The van der Waals surface area contributed by atoms with Gasteiger partial charge in [0.1, 0.15) is 11.5 Å². The van der Waals surface area contributed by atoms with Crippen LogP contribution in [0.2, 0.25) is 0 Å². The molecule has 1 aliphatic carbocycles. The lowest BCUT2D eigenvalue weighted by Crippen LogP contribution is -2.48. The lowest BCUT2D eigenvalue weighted by molar-refractivity contribution is -0.137. The zero-order chi connectivity index (χ0) is 23.4. The number of anilines is 2. The Bertz CT molecular complexity index is 1320. The molecule has 0 bridgehead atoms. The number of benzene rings is 1. The first-order valence-electron chi connectivity index (χ1n) is 10.1. The molecular weight excluding hydrogens is 499 g/mol. The smallest absolute Gasteiger partial charge is 0.384 e. The number of aromatic nitrogens is 3. The predicted molar refractivity (Wildman–Crippen MR) is 120 cm³/mol. The molecule has 1 amide bonds. The van der Waals surface area contributed by atoms with E-state index in [2.05, 4.69) is 37.9 Å². The number of alkyl halides is 4. The number of carbonyl (C=O) groups excluding carboxylic acids is 1. The Labute approximate surface area is 195 Å². The van der Waals surface area contributed by atoms with Crippen LogP contribution in [0.4, 0.5) is 24.7 Å². The minimum atomic E-state index is -4.44. The van der Waals surface area contributed by atoms with Gasteiger partial charge in [0.25, 0.3) is 5.91 Å². The second-order valence-corrected chi connectivity index (χ2v) is 8.69. The minimum Gasteiger partial charge on any atom is -0.384 e. The molecule has 5 rings (SSSR count). The molecule has 2 N–H and O–H groups in total. The van der Waals surface area contributed by atoms with E-state index < -0.39 is 11.7 Å².